The summed E-state index contributed by atoms with van der Waals surface area (Å²) in [5.74, 6) is 1.44. The molecule has 2 aromatic carbocycles. The van der Waals surface area contributed by atoms with Crippen LogP contribution in [0.5, 0.6) is 0 Å². The molecule has 0 saturated heterocycles. The zero-order valence-corrected chi connectivity index (χ0v) is 21.3. The SMILES string of the molecule is CC(C)CCCCCOCCCCCC(C)C.O=C(c1ccccc1)C(O)c1ccccc1. The van der Waals surface area contributed by atoms with Gasteiger partial charge in [0.1, 0.15) is 6.10 Å². The number of aliphatic hydroxyl groups is 1. The average Bonchev–Trinajstić information content (AvgIpc) is 2.82. The summed E-state index contributed by atoms with van der Waals surface area (Å²) in [6.45, 7) is 11.1. The lowest BCUT2D eigenvalue weighted by atomic mass is 10.0. The van der Waals surface area contributed by atoms with E-state index >= 15 is 0 Å². The van der Waals surface area contributed by atoms with E-state index in [4.69, 9.17) is 4.74 Å². The number of hydrogen-bond acceptors (Lipinski definition) is 3. The molecule has 0 amide bonds. The minimum absolute atomic E-state index is 0.271. The van der Waals surface area contributed by atoms with E-state index in [1.54, 1.807) is 48.5 Å². The fraction of sp³-hybridized carbons (Fsp3) is 0.567. The van der Waals surface area contributed by atoms with Gasteiger partial charge in [-0.2, -0.15) is 0 Å². The maximum absolute atomic E-state index is 11.9. The molecule has 1 N–H and O–H groups in total. The molecule has 0 spiro atoms. The van der Waals surface area contributed by atoms with Crippen LogP contribution in [0.4, 0.5) is 0 Å². The van der Waals surface area contributed by atoms with Gasteiger partial charge < -0.3 is 9.84 Å². The molecule has 0 bridgehead atoms. The molecule has 0 saturated carbocycles. The van der Waals surface area contributed by atoms with E-state index in [-0.39, 0.29) is 5.78 Å². The Hall–Kier alpha value is -1.97. The van der Waals surface area contributed by atoms with Crippen LogP contribution in [0.2, 0.25) is 0 Å². The summed E-state index contributed by atoms with van der Waals surface area (Å²) in [6.07, 6.45) is 9.58. The number of aliphatic hydroxyl groups excluding tert-OH is 1. The number of unbranched alkanes of at least 4 members (excludes halogenated alkanes) is 4. The van der Waals surface area contributed by atoms with Crippen LogP contribution in [-0.2, 0) is 4.74 Å². The van der Waals surface area contributed by atoms with Crippen LogP contribution in [-0.4, -0.2) is 24.1 Å². The summed E-state index contributed by atoms with van der Waals surface area (Å²) in [4.78, 5) is 11.9. The van der Waals surface area contributed by atoms with Crippen LogP contribution in [0.25, 0.3) is 0 Å². The third kappa shape index (κ3) is 14.7. The average molecular weight is 455 g/mol. The van der Waals surface area contributed by atoms with Gasteiger partial charge in [-0.05, 0) is 30.2 Å². The standard InChI is InChI=1S/C16H34O.C14H12O2/c1-15(2)11-7-5-9-13-17-14-10-6-8-12-16(3)4;15-13(11-7-3-1-4-8-11)14(16)12-9-5-2-6-10-12/h15-16H,5-14H2,1-4H3;1-10,13,15H. The normalized spacial score (nSPS) is 11.8. The fourth-order valence-electron chi connectivity index (χ4n) is 3.52. The lowest BCUT2D eigenvalue weighted by molar-refractivity contribution is 0.0747. The first-order valence-corrected chi connectivity index (χ1v) is 12.8. The van der Waals surface area contributed by atoms with Gasteiger partial charge in [-0.3, -0.25) is 4.79 Å². The Kier molecular flexibility index (Phi) is 16.3. The Morgan fingerprint density at radius 2 is 1.15 bits per heavy atom. The molecule has 3 nitrogen and oxygen atoms in total. The molecular weight excluding hydrogens is 408 g/mol. The van der Waals surface area contributed by atoms with Crippen LogP contribution in [0.1, 0.15) is 101 Å². The highest BCUT2D eigenvalue weighted by atomic mass is 16.5. The largest absolute Gasteiger partial charge is 0.381 e. The van der Waals surface area contributed by atoms with Crippen LogP contribution in [0.3, 0.4) is 0 Å². The first-order valence-electron chi connectivity index (χ1n) is 12.8. The van der Waals surface area contributed by atoms with Gasteiger partial charge in [0.2, 0.25) is 0 Å². The van der Waals surface area contributed by atoms with E-state index in [0.29, 0.717) is 11.1 Å². The minimum Gasteiger partial charge on any atom is -0.381 e. The van der Waals surface area contributed by atoms with Crippen LogP contribution in [0.15, 0.2) is 60.7 Å². The van der Waals surface area contributed by atoms with Gasteiger partial charge in [-0.1, -0.05) is 127 Å². The Morgan fingerprint density at radius 1 is 0.697 bits per heavy atom. The number of carbonyl (C=O) groups is 1. The highest BCUT2D eigenvalue weighted by Crippen LogP contribution is 2.17. The zero-order chi connectivity index (χ0) is 24.3. The maximum Gasteiger partial charge on any atom is 0.195 e. The molecule has 33 heavy (non-hydrogen) atoms. The number of rotatable bonds is 15. The Balaban J connectivity index is 0.000000330. The van der Waals surface area contributed by atoms with Gasteiger partial charge in [0, 0.05) is 18.8 Å². The van der Waals surface area contributed by atoms with Crippen molar-refractivity contribution in [2.24, 2.45) is 11.8 Å². The summed E-state index contributed by atoms with van der Waals surface area (Å²) in [5.41, 5.74) is 1.15. The maximum atomic E-state index is 11.9. The molecule has 2 aromatic rings. The molecule has 3 heteroatoms. The molecule has 184 valence electrons. The van der Waals surface area contributed by atoms with Crippen molar-refractivity contribution in [3.8, 4) is 0 Å². The van der Waals surface area contributed by atoms with Gasteiger partial charge in [-0.15, -0.1) is 0 Å². The molecule has 0 fully saturated rings. The molecule has 1 unspecified atom stereocenters. The zero-order valence-electron chi connectivity index (χ0n) is 21.3. The van der Waals surface area contributed by atoms with Crippen molar-refractivity contribution in [3.63, 3.8) is 0 Å². The highest BCUT2D eigenvalue weighted by Gasteiger charge is 2.18. The smallest absolute Gasteiger partial charge is 0.195 e. The van der Waals surface area contributed by atoms with Crippen molar-refractivity contribution in [2.45, 2.75) is 85.2 Å². The summed E-state index contributed by atoms with van der Waals surface area (Å²) in [7, 11) is 0. The Morgan fingerprint density at radius 3 is 1.61 bits per heavy atom. The summed E-state index contributed by atoms with van der Waals surface area (Å²) in [6, 6.07) is 17.7. The number of benzene rings is 2. The van der Waals surface area contributed by atoms with Crippen molar-refractivity contribution >= 4 is 5.78 Å². The molecule has 0 aliphatic rings. The Labute approximate surface area is 202 Å². The lowest BCUT2D eigenvalue weighted by Gasteiger charge is -2.09. The lowest BCUT2D eigenvalue weighted by Crippen LogP contribution is -2.11. The summed E-state index contributed by atoms with van der Waals surface area (Å²) < 4.78 is 5.65. The van der Waals surface area contributed by atoms with E-state index in [2.05, 4.69) is 27.7 Å². The summed E-state index contributed by atoms with van der Waals surface area (Å²) >= 11 is 0. The monoisotopic (exact) mass is 454 g/mol. The molecular formula is C30H46O3. The van der Waals surface area contributed by atoms with Crippen molar-refractivity contribution in [1.29, 1.82) is 0 Å². The predicted molar refractivity (Wildman–Crippen MR) is 140 cm³/mol. The van der Waals surface area contributed by atoms with Crippen LogP contribution < -0.4 is 0 Å². The second kappa shape index (κ2) is 18.5. The number of ether oxygens (including phenoxy) is 1. The summed E-state index contributed by atoms with van der Waals surface area (Å²) in [5, 5.41) is 9.89. The minimum atomic E-state index is -1.08. The first-order chi connectivity index (χ1) is 15.9. The van der Waals surface area contributed by atoms with Gasteiger partial charge in [0.05, 0.1) is 0 Å². The fourth-order valence-corrected chi connectivity index (χ4v) is 3.52. The molecule has 2 rings (SSSR count). The quantitative estimate of drug-likeness (QED) is 0.219. The third-order valence-electron chi connectivity index (χ3n) is 5.56. The molecule has 0 aliphatic heterocycles. The first kappa shape index (κ1) is 29.1. The second-order valence-electron chi connectivity index (χ2n) is 9.64. The van der Waals surface area contributed by atoms with Gasteiger partial charge in [-0.25, -0.2) is 0 Å². The predicted octanol–water partition coefficient (Wildman–Crippen LogP) is 8.04. The molecule has 0 aromatic heterocycles. The van der Waals surface area contributed by atoms with E-state index in [0.717, 1.165) is 25.0 Å². The molecule has 0 heterocycles. The van der Waals surface area contributed by atoms with Crippen LogP contribution >= 0.6 is 0 Å². The topological polar surface area (TPSA) is 46.5 Å². The third-order valence-corrected chi connectivity index (χ3v) is 5.56. The van der Waals surface area contributed by atoms with E-state index in [1.165, 1.54) is 51.4 Å². The number of carbonyl (C=O) groups excluding carboxylic acids is 1. The van der Waals surface area contributed by atoms with Crippen molar-refractivity contribution < 1.29 is 14.6 Å². The van der Waals surface area contributed by atoms with Crippen molar-refractivity contribution in [1.82, 2.24) is 0 Å². The van der Waals surface area contributed by atoms with Gasteiger partial charge in [0.15, 0.2) is 5.78 Å². The van der Waals surface area contributed by atoms with E-state index < -0.39 is 6.10 Å². The van der Waals surface area contributed by atoms with E-state index in [1.807, 2.05) is 12.1 Å². The molecule has 0 radical (unpaired) electrons. The van der Waals surface area contributed by atoms with Crippen molar-refractivity contribution in [3.05, 3.63) is 71.8 Å². The second-order valence-corrected chi connectivity index (χ2v) is 9.64. The van der Waals surface area contributed by atoms with Crippen LogP contribution in [0, 0.1) is 11.8 Å². The number of hydrogen-bond donors (Lipinski definition) is 1. The van der Waals surface area contributed by atoms with Gasteiger partial charge in [0.25, 0.3) is 0 Å². The Bertz CT molecular complexity index is 694. The van der Waals surface area contributed by atoms with Crippen molar-refractivity contribution in [2.75, 3.05) is 13.2 Å². The van der Waals surface area contributed by atoms with Gasteiger partial charge >= 0.3 is 0 Å². The van der Waals surface area contributed by atoms with E-state index in [9.17, 15) is 9.90 Å². The molecule has 0 aliphatic carbocycles. The highest BCUT2D eigenvalue weighted by molar-refractivity contribution is 5.99. The molecule has 1 atom stereocenters. The number of ketones is 1. The number of Topliss-reactive ketones (excluding diaryl/α,β-unsaturated/α-hetero) is 1.